The first-order valence-electron chi connectivity index (χ1n) is 7.45. The number of aliphatic hydroxyl groups is 4. The average Bonchev–Trinajstić information content (AvgIpc) is 2.59. The molecular weight excluding hydrogens is 336 g/mol. The average molecular weight is 352 g/mol. The van der Waals surface area contributed by atoms with Gasteiger partial charge in [0.25, 0.3) is 0 Å². The van der Waals surface area contributed by atoms with E-state index < -0.39 is 60.4 Å². The Hall–Kier alpha value is -2.30. The van der Waals surface area contributed by atoms with Crippen LogP contribution in [0.25, 0.3) is 0 Å². The number of hydrogen-bond acceptors (Lipinski definition) is 9. The Morgan fingerprint density at radius 3 is 2.48 bits per heavy atom. The van der Waals surface area contributed by atoms with Crippen LogP contribution in [0.3, 0.4) is 0 Å². The van der Waals surface area contributed by atoms with Crippen molar-refractivity contribution in [1.82, 2.24) is 0 Å². The molecule has 1 aromatic rings. The monoisotopic (exact) mass is 352 g/mol. The third kappa shape index (κ3) is 2.92. The van der Waals surface area contributed by atoms with Gasteiger partial charge in [-0.25, -0.2) is 0 Å². The Morgan fingerprint density at radius 2 is 1.80 bits per heavy atom. The highest BCUT2D eigenvalue weighted by Crippen LogP contribution is 2.31. The van der Waals surface area contributed by atoms with Gasteiger partial charge < -0.3 is 35.0 Å². The number of fused-ring (bicyclic) bond motifs is 1. The maximum Gasteiger partial charge on any atom is 0.232 e. The number of rotatable bonds is 3. The molecule has 0 radical (unpaired) electrons. The molecule has 0 bridgehead atoms. The summed E-state index contributed by atoms with van der Waals surface area (Å²) in [5.74, 6) is -2.29. The second kappa shape index (κ2) is 6.54. The normalized spacial score (nSPS) is 32.2. The molecule has 1 unspecified atom stereocenters. The fraction of sp³-hybridized carbons (Fsp3) is 0.375. The minimum atomic E-state index is -1.73. The minimum absolute atomic E-state index is 0.00570. The molecule has 1 aromatic carbocycles. The van der Waals surface area contributed by atoms with Crippen LogP contribution in [0.2, 0.25) is 0 Å². The van der Waals surface area contributed by atoms with Gasteiger partial charge in [-0.05, 0) is 6.07 Å². The molecular formula is C16H16O9. The predicted octanol–water partition coefficient (Wildman–Crippen LogP) is -1.53. The number of benzene rings is 1. The number of ketones is 2. The summed E-state index contributed by atoms with van der Waals surface area (Å²) in [4.78, 5) is 24.6. The fourth-order valence-corrected chi connectivity index (χ4v) is 2.75. The Kier molecular flexibility index (Phi) is 4.58. The number of phenolic OH excluding ortho intramolecular Hbond substituents is 1. The summed E-state index contributed by atoms with van der Waals surface area (Å²) in [5.41, 5.74) is -0.235. The first-order valence-corrected chi connectivity index (χ1v) is 7.45. The third-order valence-corrected chi connectivity index (χ3v) is 4.11. The van der Waals surface area contributed by atoms with Gasteiger partial charge in [-0.3, -0.25) is 9.59 Å². The summed E-state index contributed by atoms with van der Waals surface area (Å²) in [6, 6.07) is 4.02. The lowest BCUT2D eigenvalue weighted by Gasteiger charge is -2.39. The van der Waals surface area contributed by atoms with Crippen LogP contribution in [0.15, 0.2) is 30.0 Å². The highest BCUT2D eigenvalue weighted by Gasteiger charge is 2.45. The van der Waals surface area contributed by atoms with E-state index in [0.717, 1.165) is 6.08 Å². The molecule has 1 fully saturated rings. The summed E-state index contributed by atoms with van der Waals surface area (Å²) in [5, 5.41) is 48.4. The number of ether oxygens (including phenoxy) is 2. The highest BCUT2D eigenvalue weighted by atomic mass is 16.7. The number of phenols is 1. The maximum absolute atomic E-state index is 12.5. The van der Waals surface area contributed by atoms with Gasteiger partial charge in [0.2, 0.25) is 12.1 Å². The standard InChI is InChI=1S/C16H16O9/c17-5-10-13(21)14(22)15(23)16(25-10)24-9-4-8(19)6-2-1-3-7(18)11(6)12(9)20/h1-4,10,13-18,21-23H,5H2/t10-,13-,14+,15-,16?/m1/s1. The van der Waals surface area contributed by atoms with E-state index in [9.17, 15) is 30.0 Å². The van der Waals surface area contributed by atoms with Gasteiger partial charge in [0.1, 0.15) is 30.2 Å². The lowest BCUT2D eigenvalue weighted by Crippen LogP contribution is -2.59. The van der Waals surface area contributed by atoms with Gasteiger partial charge in [0, 0.05) is 11.6 Å². The number of allylic oxidation sites excluding steroid dienone is 2. The second-order valence-electron chi connectivity index (χ2n) is 5.72. The van der Waals surface area contributed by atoms with Crippen molar-refractivity contribution in [2.24, 2.45) is 0 Å². The number of carbonyl (C=O) groups is 2. The topological polar surface area (TPSA) is 154 Å². The van der Waals surface area contributed by atoms with Crippen molar-refractivity contribution in [2.45, 2.75) is 30.7 Å². The molecule has 2 aliphatic rings. The van der Waals surface area contributed by atoms with Crippen LogP contribution in [0.5, 0.6) is 5.75 Å². The molecule has 134 valence electrons. The van der Waals surface area contributed by atoms with Crippen LogP contribution in [-0.2, 0) is 9.47 Å². The van der Waals surface area contributed by atoms with Gasteiger partial charge >= 0.3 is 0 Å². The molecule has 0 aromatic heterocycles. The van der Waals surface area contributed by atoms with Crippen molar-refractivity contribution < 1.29 is 44.6 Å². The number of aromatic hydroxyl groups is 1. The molecule has 0 spiro atoms. The van der Waals surface area contributed by atoms with Crippen molar-refractivity contribution in [1.29, 1.82) is 0 Å². The molecule has 1 aliphatic carbocycles. The van der Waals surface area contributed by atoms with Crippen LogP contribution >= 0.6 is 0 Å². The Balaban J connectivity index is 1.87. The number of Topliss-reactive ketones (excluding diaryl/α,β-unsaturated/α-hetero) is 1. The van der Waals surface area contributed by atoms with Crippen molar-refractivity contribution in [3.63, 3.8) is 0 Å². The summed E-state index contributed by atoms with van der Waals surface area (Å²) in [7, 11) is 0. The zero-order chi connectivity index (χ0) is 18.3. The van der Waals surface area contributed by atoms with Crippen LogP contribution in [-0.4, -0.2) is 74.4 Å². The van der Waals surface area contributed by atoms with Gasteiger partial charge in [-0.15, -0.1) is 0 Å². The zero-order valence-corrected chi connectivity index (χ0v) is 12.8. The molecule has 0 amide bonds. The van der Waals surface area contributed by atoms with E-state index in [1.165, 1.54) is 18.2 Å². The zero-order valence-electron chi connectivity index (χ0n) is 12.8. The number of aliphatic hydroxyl groups excluding tert-OH is 4. The minimum Gasteiger partial charge on any atom is -0.507 e. The molecule has 1 aliphatic heterocycles. The molecule has 3 rings (SSSR count). The SMILES string of the molecule is O=C1C=C(OC2O[C@H](CO)[C@@H](O)[C@H](O)[C@H]2O)C(=O)c2c(O)cccc21. The quantitative estimate of drug-likeness (QED) is 0.436. The fourth-order valence-electron chi connectivity index (χ4n) is 2.75. The number of hydrogen-bond donors (Lipinski definition) is 5. The van der Waals surface area contributed by atoms with Gasteiger partial charge in [-0.1, -0.05) is 12.1 Å². The lowest BCUT2D eigenvalue weighted by atomic mass is 9.92. The highest BCUT2D eigenvalue weighted by molar-refractivity contribution is 6.24. The molecule has 9 nitrogen and oxygen atoms in total. The van der Waals surface area contributed by atoms with E-state index in [-0.39, 0.29) is 11.1 Å². The number of carbonyl (C=O) groups excluding carboxylic acids is 2. The van der Waals surface area contributed by atoms with Gasteiger partial charge in [-0.2, -0.15) is 0 Å². The molecule has 0 saturated carbocycles. The molecule has 5 atom stereocenters. The van der Waals surface area contributed by atoms with E-state index in [4.69, 9.17) is 14.6 Å². The van der Waals surface area contributed by atoms with Crippen molar-refractivity contribution in [2.75, 3.05) is 6.61 Å². The van der Waals surface area contributed by atoms with Crippen LogP contribution in [0.1, 0.15) is 20.7 Å². The largest absolute Gasteiger partial charge is 0.507 e. The van der Waals surface area contributed by atoms with Gasteiger partial charge in [0.15, 0.2) is 11.5 Å². The molecule has 5 N–H and O–H groups in total. The van der Waals surface area contributed by atoms with E-state index >= 15 is 0 Å². The van der Waals surface area contributed by atoms with E-state index in [1.807, 2.05) is 0 Å². The van der Waals surface area contributed by atoms with Gasteiger partial charge in [0.05, 0.1) is 12.2 Å². The first-order chi connectivity index (χ1) is 11.8. The Bertz CT molecular complexity index is 739. The van der Waals surface area contributed by atoms with Crippen molar-refractivity contribution in [3.05, 3.63) is 41.2 Å². The van der Waals surface area contributed by atoms with E-state index in [0.29, 0.717) is 0 Å². The summed E-state index contributed by atoms with van der Waals surface area (Å²) in [6.45, 7) is -0.666. The summed E-state index contributed by atoms with van der Waals surface area (Å²) < 4.78 is 10.4. The van der Waals surface area contributed by atoms with Crippen molar-refractivity contribution >= 4 is 11.6 Å². The molecule has 1 heterocycles. The molecule has 25 heavy (non-hydrogen) atoms. The van der Waals surface area contributed by atoms with Crippen LogP contribution < -0.4 is 0 Å². The summed E-state index contributed by atoms with van der Waals surface area (Å²) >= 11 is 0. The second-order valence-corrected chi connectivity index (χ2v) is 5.72. The first kappa shape index (κ1) is 17.5. The van der Waals surface area contributed by atoms with Crippen molar-refractivity contribution in [3.8, 4) is 5.75 Å². The van der Waals surface area contributed by atoms with E-state index in [2.05, 4.69) is 0 Å². The van der Waals surface area contributed by atoms with E-state index in [1.54, 1.807) is 0 Å². The Labute approximate surface area is 141 Å². The molecule has 1 saturated heterocycles. The smallest absolute Gasteiger partial charge is 0.232 e. The van der Waals surface area contributed by atoms with Crippen LogP contribution in [0.4, 0.5) is 0 Å². The Morgan fingerprint density at radius 1 is 1.08 bits per heavy atom. The third-order valence-electron chi connectivity index (χ3n) is 4.11. The maximum atomic E-state index is 12.5. The van der Waals surface area contributed by atoms with Crippen LogP contribution in [0, 0.1) is 0 Å². The lowest BCUT2D eigenvalue weighted by molar-refractivity contribution is -0.290. The predicted molar refractivity (Wildman–Crippen MR) is 79.7 cm³/mol. The molecule has 9 heteroatoms. The summed E-state index contributed by atoms with van der Waals surface area (Å²) in [6.07, 6.45) is -6.95.